The number of amides is 1. The average molecular weight is 232 g/mol. The van der Waals surface area contributed by atoms with E-state index in [1.54, 1.807) is 0 Å². The summed E-state index contributed by atoms with van der Waals surface area (Å²) in [5.41, 5.74) is 1.20. The Morgan fingerprint density at radius 3 is 2.59 bits per heavy atom. The van der Waals surface area contributed by atoms with E-state index >= 15 is 0 Å². The van der Waals surface area contributed by atoms with Crippen molar-refractivity contribution in [2.75, 3.05) is 13.1 Å². The molecule has 2 rings (SSSR count). The van der Waals surface area contributed by atoms with Crippen molar-refractivity contribution < 1.29 is 4.79 Å². The molecule has 0 saturated carbocycles. The zero-order valence-corrected chi connectivity index (χ0v) is 10.1. The lowest BCUT2D eigenvalue weighted by Gasteiger charge is -2.20. The lowest BCUT2D eigenvalue weighted by atomic mass is 10.0. The Morgan fingerprint density at radius 1 is 1.00 bits per heavy atom. The molecule has 1 saturated heterocycles. The number of rotatable bonds is 1. The summed E-state index contributed by atoms with van der Waals surface area (Å²) in [6.45, 7) is 1.81. The van der Waals surface area contributed by atoms with Crippen LogP contribution in [0.4, 0.5) is 0 Å². The fourth-order valence-corrected chi connectivity index (χ4v) is 2.18. The van der Waals surface area contributed by atoms with E-state index in [0.29, 0.717) is 6.42 Å². The van der Waals surface area contributed by atoms with Gasteiger partial charge in [-0.1, -0.05) is 36.8 Å². The first-order valence-corrected chi connectivity index (χ1v) is 6.41. The average Bonchev–Trinajstić information content (AvgIpc) is 2.38. The van der Waals surface area contributed by atoms with Crippen LogP contribution in [0, 0.1) is 0 Å². The number of nitrogens with one attached hydrogen (secondary N) is 2. The van der Waals surface area contributed by atoms with Crippen molar-refractivity contribution in [3.63, 3.8) is 0 Å². The number of hydrogen-bond acceptors (Lipinski definition) is 2. The van der Waals surface area contributed by atoms with Crippen LogP contribution in [0.5, 0.6) is 0 Å². The van der Waals surface area contributed by atoms with Crippen LogP contribution in [-0.2, 0) is 4.79 Å². The molecule has 92 valence electrons. The summed E-state index contributed by atoms with van der Waals surface area (Å²) in [5.74, 6) is 0.147. The summed E-state index contributed by atoms with van der Waals surface area (Å²) >= 11 is 0. The van der Waals surface area contributed by atoms with Gasteiger partial charge in [-0.2, -0.15) is 0 Å². The third kappa shape index (κ3) is 3.86. The van der Waals surface area contributed by atoms with Crippen LogP contribution in [-0.4, -0.2) is 19.0 Å². The maximum absolute atomic E-state index is 11.7. The maximum atomic E-state index is 11.7. The van der Waals surface area contributed by atoms with Gasteiger partial charge in [0.05, 0.1) is 0 Å². The van der Waals surface area contributed by atoms with Crippen molar-refractivity contribution in [3.8, 4) is 0 Å². The topological polar surface area (TPSA) is 41.1 Å². The molecule has 2 N–H and O–H groups in total. The molecule has 1 aliphatic rings. The summed E-state index contributed by atoms with van der Waals surface area (Å²) in [6, 6.07) is 10.4. The molecule has 3 nitrogen and oxygen atoms in total. The molecule has 1 fully saturated rings. The Hall–Kier alpha value is -1.35. The molecular formula is C14H20N2O. The van der Waals surface area contributed by atoms with Gasteiger partial charge in [0.1, 0.15) is 0 Å². The van der Waals surface area contributed by atoms with Crippen LogP contribution in [0.25, 0.3) is 0 Å². The Morgan fingerprint density at radius 2 is 1.76 bits per heavy atom. The SMILES string of the molecule is O=C1CC(c2ccccc2)NCCCCCN1. The van der Waals surface area contributed by atoms with E-state index < -0.39 is 0 Å². The van der Waals surface area contributed by atoms with Crippen LogP contribution in [0.1, 0.15) is 37.3 Å². The minimum absolute atomic E-state index is 0.147. The summed E-state index contributed by atoms with van der Waals surface area (Å²) in [6.07, 6.45) is 3.97. The second-order valence-corrected chi connectivity index (χ2v) is 4.53. The number of carbonyl (C=O) groups excluding carboxylic acids is 1. The number of hydrogen-bond donors (Lipinski definition) is 2. The summed E-state index contributed by atoms with van der Waals surface area (Å²) < 4.78 is 0. The van der Waals surface area contributed by atoms with Crippen molar-refractivity contribution >= 4 is 5.91 Å². The van der Waals surface area contributed by atoms with Crippen molar-refractivity contribution in [2.24, 2.45) is 0 Å². The van der Waals surface area contributed by atoms with E-state index in [0.717, 1.165) is 19.5 Å². The predicted octanol–water partition coefficient (Wildman–Crippen LogP) is 2.01. The van der Waals surface area contributed by atoms with Gasteiger partial charge in [0, 0.05) is 19.0 Å². The minimum Gasteiger partial charge on any atom is -0.356 e. The van der Waals surface area contributed by atoms with Crippen molar-refractivity contribution in [2.45, 2.75) is 31.7 Å². The third-order valence-corrected chi connectivity index (χ3v) is 3.16. The van der Waals surface area contributed by atoms with E-state index in [9.17, 15) is 4.79 Å². The molecule has 1 aromatic carbocycles. The largest absolute Gasteiger partial charge is 0.356 e. The Labute approximate surface area is 103 Å². The van der Waals surface area contributed by atoms with Gasteiger partial charge in [-0.15, -0.1) is 0 Å². The van der Waals surface area contributed by atoms with E-state index in [4.69, 9.17) is 0 Å². The molecule has 1 aromatic rings. The first-order valence-electron chi connectivity index (χ1n) is 6.41. The van der Waals surface area contributed by atoms with Gasteiger partial charge in [-0.3, -0.25) is 4.79 Å². The van der Waals surface area contributed by atoms with Gasteiger partial charge in [0.2, 0.25) is 5.91 Å². The van der Waals surface area contributed by atoms with Crippen molar-refractivity contribution in [3.05, 3.63) is 35.9 Å². The van der Waals surface area contributed by atoms with E-state index in [1.807, 2.05) is 18.2 Å². The van der Waals surface area contributed by atoms with Gasteiger partial charge >= 0.3 is 0 Å². The standard InChI is InChI=1S/C14H20N2O/c17-14-11-13(12-7-3-1-4-8-12)15-9-5-2-6-10-16-14/h1,3-4,7-8,13,15H,2,5-6,9-11H2,(H,16,17). The van der Waals surface area contributed by atoms with Crippen LogP contribution < -0.4 is 10.6 Å². The zero-order valence-electron chi connectivity index (χ0n) is 10.1. The number of benzene rings is 1. The highest BCUT2D eigenvalue weighted by molar-refractivity contribution is 5.76. The van der Waals surface area contributed by atoms with Gasteiger partial charge in [0.15, 0.2) is 0 Å². The van der Waals surface area contributed by atoms with Crippen molar-refractivity contribution in [1.82, 2.24) is 10.6 Å². The smallest absolute Gasteiger partial charge is 0.221 e. The fraction of sp³-hybridized carbons (Fsp3) is 0.500. The Balaban J connectivity index is 2.04. The highest BCUT2D eigenvalue weighted by atomic mass is 16.1. The second kappa shape index (κ2) is 6.40. The van der Waals surface area contributed by atoms with Gasteiger partial charge in [-0.05, 0) is 24.9 Å². The molecule has 0 aromatic heterocycles. The van der Waals surface area contributed by atoms with Crippen LogP contribution >= 0.6 is 0 Å². The molecule has 0 spiro atoms. The molecule has 1 heterocycles. The molecule has 3 heteroatoms. The summed E-state index contributed by atoms with van der Waals surface area (Å²) in [7, 11) is 0. The number of carbonyl (C=O) groups is 1. The minimum atomic E-state index is 0.147. The molecule has 0 bridgehead atoms. The quantitative estimate of drug-likeness (QED) is 0.777. The molecule has 0 radical (unpaired) electrons. The Kier molecular flexibility index (Phi) is 4.56. The maximum Gasteiger partial charge on any atom is 0.221 e. The molecular weight excluding hydrogens is 212 g/mol. The monoisotopic (exact) mass is 232 g/mol. The van der Waals surface area contributed by atoms with E-state index in [2.05, 4.69) is 22.8 Å². The zero-order chi connectivity index (χ0) is 11.9. The van der Waals surface area contributed by atoms with E-state index in [1.165, 1.54) is 18.4 Å². The van der Waals surface area contributed by atoms with Crippen LogP contribution in [0.15, 0.2) is 30.3 Å². The molecule has 1 unspecified atom stereocenters. The highest BCUT2D eigenvalue weighted by Crippen LogP contribution is 2.17. The summed E-state index contributed by atoms with van der Waals surface area (Å²) in [4.78, 5) is 11.7. The highest BCUT2D eigenvalue weighted by Gasteiger charge is 2.15. The second-order valence-electron chi connectivity index (χ2n) is 4.53. The molecule has 1 amide bonds. The predicted molar refractivity (Wildman–Crippen MR) is 68.7 cm³/mol. The summed E-state index contributed by atoms with van der Waals surface area (Å²) in [5, 5.41) is 6.45. The lowest BCUT2D eigenvalue weighted by molar-refractivity contribution is -0.121. The van der Waals surface area contributed by atoms with Gasteiger partial charge in [0.25, 0.3) is 0 Å². The Bertz CT molecular complexity index is 350. The molecule has 0 aliphatic carbocycles. The van der Waals surface area contributed by atoms with Gasteiger partial charge < -0.3 is 10.6 Å². The normalized spacial score (nSPS) is 22.8. The van der Waals surface area contributed by atoms with Crippen molar-refractivity contribution in [1.29, 1.82) is 0 Å². The first-order chi connectivity index (χ1) is 8.36. The van der Waals surface area contributed by atoms with Gasteiger partial charge in [-0.25, -0.2) is 0 Å². The van der Waals surface area contributed by atoms with Crippen LogP contribution in [0.2, 0.25) is 0 Å². The third-order valence-electron chi connectivity index (χ3n) is 3.16. The van der Waals surface area contributed by atoms with E-state index in [-0.39, 0.29) is 11.9 Å². The molecule has 1 atom stereocenters. The fourth-order valence-electron chi connectivity index (χ4n) is 2.18. The molecule has 17 heavy (non-hydrogen) atoms. The lowest BCUT2D eigenvalue weighted by Crippen LogP contribution is -2.32. The molecule has 1 aliphatic heterocycles. The first kappa shape index (κ1) is 12.1. The van der Waals surface area contributed by atoms with Crippen LogP contribution in [0.3, 0.4) is 0 Å².